The van der Waals surface area contributed by atoms with E-state index in [1.54, 1.807) is 12.1 Å². The Morgan fingerprint density at radius 1 is 1.21 bits per heavy atom. The molecule has 3 rings (SSSR count). The van der Waals surface area contributed by atoms with E-state index in [2.05, 4.69) is 10.2 Å². The van der Waals surface area contributed by atoms with Gasteiger partial charge in [0.05, 0.1) is 18.9 Å². The molecule has 0 radical (unpaired) electrons. The predicted octanol–water partition coefficient (Wildman–Crippen LogP) is -0.125. The number of ether oxygens (including phenoxy) is 1. The van der Waals surface area contributed by atoms with Crippen LogP contribution in [0.25, 0.3) is 0 Å². The molecule has 100 valence electrons. The Morgan fingerprint density at radius 2 is 1.95 bits per heavy atom. The van der Waals surface area contributed by atoms with Crippen molar-refractivity contribution in [3.63, 3.8) is 0 Å². The second-order valence-corrected chi connectivity index (χ2v) is 5.22. The van der Waals surface area contributed by atoms with Crippen LogP contribution in [0.15, 0.2) is 18.2 Å². The molecule has 0 spiro atoms. The minimum Gasteiger partial charge on any atom is -0.378 e. The fraction of sp³-hybridized carbons (Fsp3) is 0.333. The molecule has 1 aromatic rings. The third-order valence-electron chi connectivity index (χ3n) is 3.25. The number of carbonyl (C=O) groups excluding carboxylic acids is 1. The van der Waals surface area contributed by atoms with E-state index in [-0.39, 0.29) is 4.86 Å². The molecule has 2 heterocycles. The summed E-state index contributed by atoms with van der Waals surface area (Å²) < 4.78 is 27.5. The minimum atomic E-state index is -2.53. The van der Waals surface area contributed by atoms with Crippen LogP contribution in [0.4, 0.5) is 11.4 Å². The highest BCUT2D eigenvalue weighted by molar-refractivity contribution is 7.75. The van der Waals surface area contributed by atoms with Crippen molar-refractivity contribution in [1.82, 2.24) is 0 Å². The molecule has 2 aliphatic rings. The maximum absolute atomic E-state index is 11.6. The number of morpholine rings is 1. The lowest BCUT2D eigenvalue weighted by atomic mass is 10.1. The minimum absolute atomic E-state index is 0.190. The number of anilines is 2. The summed E-state index contributed by atoms with van der Waals surface area (Å²) in [7, 11) is -2.53. The van der Waals surface area contributed by atoms with E-state index in [0.717, 1.165) is 18.8 Å². The zero-order valence-electron chi connectivity index (χ0n) is 10.0. The SMILES string of the molecule is O=C1Nc2ccc(N3CCOCC3)cc2C1=S(=O)=O. The van der Waals surface area contributed by atoms with Gasteiger partial charge in [0.25, 0.3) is 5.91 Å². The molecule has 1 N–H and O–H groups in total. The summed E-state index contributed by atoms with van der Waals surface area (Å²) in [5.41, 5.74) is 1.89. The number of carbonyl (C=O) groups is 1. The normalized spacial score (nSPS) is 18.2. The van der Waals surface area contributed by atoms with Gasteiger partial charge in [0.2, 0.25) is 10.3 Å². The number of nitrogens with one attached hydrogen (secondary N) is 1. The van der Waals surface area contributed by atoms with Crippen LogP contribution in [-0.2, 0) is 19.8 Å². The average Bonchev–Trinajstić information content (AvgIpc) is 2.74. The fourth-order valence-electron chi connectivity index (χ4n) is 2.31. The number of fused-ring (bicyclic) bond motifs is 1. The van der Waals surface area contributed by atoms with Crippen LogP contribution in [0.3, 0.4) is 0 Å². The molecule has 1 amide bonds. The Hall–Kier alpha value is -1.86. The lowest BCUT2D eigenvalue weighted by Gasteiger charge is -2.29. The number of nitrogens with zero attached hydrogens (tertiary/aromatic N) is 1. The van der Waals surface area contributed by atoms with Gasteiger partial charge in [-0.05, 0) is 18.2 Å². The fourth-order valence-corrected chi connectivity index (χ4v) is 2.87. The number of amides is 1. The van der Waals surface area contributed by atoms with Crippen molar-refractivity contribution in [2.75, 3.05) is 36.5 Å². The summed E-state index contributed by atoms with van der Waals surface area (Å²) >= 11 is 0. The Labute approximate surface area is 111 Å². The van der Waals surface area contributed by atoms with Gasteiger partial charge in [-0.15, -0.1) is 0 Å². The third kappa shape index (κ3) is 2.11. The van der Waals surface area contributed by atoms with Crippen LogP contribution in [-0.4, -0.2) is 45.5 Å². The summed E-state index contributed by atoms with van der Waals surface area (Å²) in [5, 5.41) is 2.55. The third-order valence-corrected chi connectivity index (χ3v) is 3.98. The van der Waals surface area contributed by atoms with Crippen LogP contribution in [0.1, 0.15) is 5.56 Å². The van der Waals surface area contributed by atoms with Crippen molar-refractivity contribution in [2.24, 2.45) is 0 Å². The van der Waals surface area contributed by atoms with Gasteiger partial charge in [-0.25, -0.2) is 0 Å². The molecule has 0 unspecified atom stereocenters. The van der Waals surface area contributed by atoms with Crippen LogP contribution < -0.4 is 10.2 Å². The quantitative estimate of drug-likeness (QED) is 0.726. The second-order valence-electron chi connectivity index (χ2n) is 4.35. The predicted molar refractivity (Wildman–Crippen MR) is 71.1 cm³/mol. The molecule has 0 aliphatic carbocycles. The largest absolute Gasteiger partial charge is 0.378 e. The van der Waals surface area contributed by atoms with E-state index < -0.39 is 16.2 Å². The number of benzene rings is 1. The molecule has 19 heavy (non-hydrogen) atoms. The molecule has 6 nitrogen and oxygen atoms in total. The number of hydrogen-bond acceptors (Lipinski definition) is 5. The monoisotopic (exact) mass is 280 g/mol. The van der Waals surface area contributed by atoms with Gasteiger partial charge in [0.15, 0.2) is 4.86 Å². The zero-order chi connectivity index (χ0) is 13.4. The van der Waals surface area contributed by atoms with Gasteiger partial charge in [0.1, 0.15) is 0 Å². The van der Waals surface area contributed by atoms with Crippen LogP contribution in [0.5, 0.6) is 0 Å². The van der Waals surface area contributed by atoms with Crippen molar-refractivity contribution in [1.29, 1.82) is 0 Å². The molecule has 0 aromatic heterocycles. The van der Waals surface area contributed by atoms with Crippen molar-refractivity contribution in [2.45, 2.75) is 0 Å². The van der Waals surface area contributed by atoms with Crippen LogP contribution in [0.2, 0.25) is 0 Å². The summed E-state index contributed by atoms with van der Waals surface area (Å²) in [6.07, 6.45) is 0. The summed E-state index contributed by atoms with van der Waals surface area (Å²) in [6.45, 7) is 2.82. The van der Waals surface area contributed by atoms with Crippen LogP contribution >= 0.6 is 0 Å². The smallest absolute Gasteiger partial charge is 0.272 e. The van der Waals surface area contributed by atoms with Gasteiger partial charge in [-0.2, -0.15) is 8.42 Å². The van der Waals surface area contributed by atoms with Gasteiger partial charge in [-0.3, -0.25) is 4.79 Å². The summed E-state index contributed by atoms with van der Waals surface area (Å²) in [4.78, 5) is 13.5. The Morgan fingerprint density at radius 3 is 2.63 bits per heavy atom. The zero-order valence-corrected chi connectivity index (χ0v) is 10.9. The van der Waals surface area contributed by atoms with E-state index in [4.69, 9.17) is 4.74 Å². The lowest BCUT2D eigenvalue weighted by Crippen LogP contribution is -2.36. The maximum atomic E-state index is 11.6. The molecule has 0 saturated carbocycles. The topological polar surface area (TPSA) is 75.7 Å². The van der Waals surface area contributed by atoms with Gasteiger partial charge >= 0.3 is 0 Å². The Bertz CT molecular complexity index is 667. The standard InChI is InChI=1S/C12H12N2O4S/c15-12-11(19(16)17)9-7-8(1-2-10(9)13-12)14-3-5-18-6-4-14/h1-2,7H,3-6H2,(H,13,15). The Kier molecular flexibility index (Phi) is 3.00. The number of rotatable bonds is 1. The second kappa shape index (κ2) is 4.67. The van der Waals surface area contributed by atoms with Gasteiger partial charge in [0, 0.05) is 24.3 Å². The van der Waals surface area contributed by atoms with E-state index in [0.29, 0.717) is 24.5 Å². The highest BCUT2D eigenvalue weighted by Gasteiger charge is 2.28. The lowest BCUT2D eigenvalue weighted by molar-refractivity contribution is -0.109. The van der Waals surface area contributed by atoms with Crippen molar-refractivity contribution >= 4 is 32.4 Å². The first-order chi connectivity index (χ1) is 9.16. The number of hydrogen-bond donors (Lipinski definition) is 1. The summed E-state index contributed by atoms with van der Waals surface area (Å²) in [6, 6.07) is 5.35. The van der Waals surface area contributed by atoms with E-state index >= 15 is 0 Å². The summed E-state index contributed by atoms with van der Waals surface area (Å²) in [5.74, 6) is -0.567. The first-order valence-corrected chi connectivity index (χ1v) is 6.99. The van der Waals surface area contributed by atoms with E-state index in [9.17, 15) is 13.2 Å². The van der Waals surface area contributed by atoms with Gasteiger partial charge in [-0.1, -0.05) is 0 Å². The van der Waals surface area contributed by atoms with Crippen LogP contribution in [0, 0.1) is 0 Å². The highest BCUT2D eigenvalue weighted by atomic mass is 32.2. The molecular formula is C12H12N2O4S. The first kappa shape index (κ1) is 12.2. The first-order valence-electron chi connectivity index (χ1n) is 5.91. The van der Waals surface area contributed by atoms with E-state index in [1.165, 1.54) is 0 Å². The average molecular weight is 280 g/mol. The van der Waals surface area contributed by atoms with E-state index in [1.807, 2.05) is 6.07 Å². The highest BCUT2D eigenvalue weighted by Crippen LogP contribution is 2.28. The molecular weight excluding hydrogens is 268 g/mol. The van der Waals surface area contributed by atoms with Crippen molar-refractivity contribution in [3.8, 4) is 0 Å². The molecule has 0 bridgehead atoms. The Balaban J connectivity index is 2.05. The van der Waals surface area contributed by atoms with Gasteiger partial charge < -0.3 is 15.0 Å². The maximum Gasteiger partial charge on any atom is 0.272 e. The molecule has 1 fully saturated rings. The molecule has 7 heteroatoms. The molecule has 0 atom stereocenters. The molecule has 1 aromatic carbocycles. The molecule has 1 saturated heterocycles. The van der Waals surface area contributed by atoms with Crippen molar-refractivity contribution < 1.29 is 17.9 Å². The molecule has 2 aliphatic heterocycles. The van der Waals surface area contributed by atoms with Crippen molar-refractivity contribution in [3.05, 3.63) is 23.8 Å².